The van der Waals surface area contributed by atoms with Crippen LogP contribution in [0.15, 0.2) is 17.1 Å². The summed E-state index contributed by atoms with van der Waals surface area (Å²) in [6, 6.07) is 1.21. The summed E-state index contributed by atoms with van der Waals surface area (Å²) in [5.74, 6) is -1.62. The van der Waals surface area contributed by atoms with E-state index in [1.165, 1.54) is 13.3 Å². The molecule has 3 aliphatic rings. The highest BCUT2D eigenvalue weighted by Gasteiger charge is 2.42. The van der Waals surface area contributed by atoms with Gasteiger partial charge in [0.2, 0.25) is 11.3 Å². The van der Waals surface area contributed by atoms with Gasteiger partial charge in [-0.15, -0.1) is 0 Å². The predicted molar refractivity (Wildman–Crippen MR) is 111 cm³/mol. The lowest BCUT2D eigenvalue weighted by molar-refractivity contribution is -0.119. The van der Waals surface area contributed by atoms with Gasteiger partial charge in [-0.3, -0.25) is 9.59 Å². The van der Waals surface area contributed by atoms with E-state index in [1.54, 1.807) is 4.57 Å². The molecule has 0 radical (unpaired) electrons. The fourth-order valence-electron chi connectivity index (χ4n) is 5.03. The first-order valence-corrected chi connectivity index (χ1v) is 10.5. The third-order valence-electron chi connectivity index (χ3n) is 6.91. The molecule has 9 heteroatoms. The van der Waals surface area contributed by atoms with Crippen LogP contribution in [0.5, 0.6) is 5.75 Å². The number of anilines is 1. The number of hydrogen-bond acceptors (Lipinski definition) is 5. The fourth-order valence-corrected chi connectivity index (χ4v) is 5.03. The maximum Gasteiger partial charge on any atom is 0.341 e. The minimum atomic E-state index is -1.33. The third kappa shape index (κ3) is 3.14. The van der Waals surface area contributed by atoms with Crippen molar-refractivity contribution in [2.24, 2.45) is 5.41 Å². The molecule has 0 unspecified atom stereocenters. The summed E-state index contributed by atoms with van der Waals surface area (Å²) in [5.41, 5.74) is -0.433. The van der Waals surface area contributed by atoms with Gasteiger partial charge < -0.3 is 24.6 Å². The monoisotopic (exact) mass is 429 g/mol. The van der Waals surface area contributed by atoms with Crippen LogP contribution in [0.25, 0.3) is 10.9 Å². The van der Waals surface area contributed by atoms with Crippen LogP contribution in [0, 0.1) is 11.2 Å². The summed E-state index contributed by atoms with van der Waals surface area (Å²) in [6.07, 6.45) is 5.08. The van der Waals surface area contributed by atoms with Gasteiger partial charge in [0.25, 0.3) is 0 Å². The van der Waals surface area contributed by atoms with Crippen LogP contribution in [-0.4, -0.2) is 48.3 Å². The number of carbonyl (C=O) groups excluding carboxylic acids is 1. The highest BCUT2D eigenvalue weighted by molar-refractivity contribution is 5.97. The van der Waals surface area contributed by atoms with Crippen molar-refractivity contribution < 1.29 is 23.8 Å². The van der Waals surface area contributed by atoms with E-state index in [0.717, 1.165) is 31.7 Å². The second-order valence-corrected chi connectivity index (χ2v) is 8.89. The minimum absolute atomic E-state index is 0.0176. The lowest BCUT2D eigenvalue weighted by Crippen LogP contribution is -2.41. The fraction of sp³-hybridized carbons (Fsp3) is 0.500. The minimum Gasteiger partial charge on any atom is -0.492 e. The van der Waals surface area contributed by atoms with Crippen LogP contribution in [0.3, 0.4) is 0 Å². The highest BCUT2D eigenvalue weighted by Crippen LogP contribution is 2.46. The summed E-state index contributed by atoms with van der Waals surface area (Å²) in [5, 5.41) is 12.4. The Morgan fingerprint density at radius 1 is 1.29 bits per heavy atom. The van der Waals surface area contributed by atoms with E-state index in [1.807, 2.05) is 4.90 Å². The van der Waals surface area contributed by atoms with Crippen molar-refractivity contribution in [1.29, 1.82) is 0 Å². The Bertz CT molecular complexity index is 1160. The molecule has 2 saturated heterocycles. The number of rotatable bonds is 4. The SMILES string of the molecule is COc1c(N2CCC3(CC2)CNC(=O)C3)c(F)cc2c(=O)c(C(=O)O)cn(C3CC3)c12. The molecule has 1 saturated carbocycles. The second-order valence-electron chi connectivity index (χ2n) is 8.89. The number of hydrogen-bond donors (Lipinski definition) is 2. The average molecular weight is 429 g/mol. The molecule has 2 N–H and O–H groups in total. The van der Waals surface area contributed by atoms with Crippen LogP contribution in [0.1, 0.15) is 48.5 Å². The lowest BCUT2D eigenvalue weighted by Gasteiger charge is -2.40. The van der Waals surface area contributed by atoms with E-state index < -0.39 is 17.2 Å². The zero-order chi connectivity index (χ0) is 21.9. The number of nitrogens with one attached hydrogen (secondary N) is 1. The average Bonchev–Trinajstić information content (AvgIpc) is 3.52. The number of nitrogens with zero attached hydrogens (tertiary/aromatic N) is 2. The van der Waals surface area contributed by atoms with Gasteiger partial charge in [0.05, 0.1) is 18.0 Å². The number of aromatic carboxylic acids is 1. The Balaban J connectivity index is 1.63. The van der Waals surface area contributed by atoms with E-state index in [4.69, 9.17) is 4.74 Å². The van der Waals surface area contributed by atoms with Crippen LogP contribution in [-0.2, 0) is 4.79 Å². The van der Waals surface area contributed by atoms with Gasteiger partial charge in [0.15, 0.2) is 11.6 Å². The predicted octanol–water partition coefficient (Wildman–Crippen LogP) is 2.29. The van der Waals surface area contributed by atoms with Gasteiger partial charge in [-0.25, -0.2) is 9.18 Å². The third-order valence-corrected chi connectivity index (χ3v) is 6.91. The van der Waals surface area contributed by atoms with E-state index in [2.05, 4.69) is 5.32 Å². The second kappa shape index (κ2) is 6.96. The van der Waals surface area contributed by atoms with Gasteiger partial charge in [0, 0.05) is 38.3 Å². The standard InChI is InChI=1S/C22H24FN3O5/c1-31-20-17-13(19(28)14(21(29)30)10-26(17)12-2-3-12)8-15(23)18(20)25-6-4-22(5-7-25)9-16(27)24-11-22/h8,10,12H,2-7,9,11H2,1H3,(H,24,27)(H,29,30). The first-order valence-electron chi connectivity index (χ1n) is 10.5. The molecule has 0 atom stereocenters. The van der Waals surface area contributed by atoms with Crippen LogP contribution < -0.4 is 20.4 Å². The molecule has 8 nitrogen and oxygen atoms in total. The van der Waals surface area contributed by atoms with Crippen molar-refractivity contribution in [2.75, 3.05) is 31.6 Å². The maximum absolute atomic E-state index is 15.4. The number of carbonyl (C=O) groups is 2. The number of pyridine rings is 1. The Hall–Kier alpha value is -3.10. The molecule has 5 rings (SSSR count). The Morgan fingerprint density at radius 2 is 2.00 bits per heavy atom. The molecule has 3 fully saturated rings. The van der Waals surface area contributed by atoms with Crippen molar-refractivity contribution in [2.45, 2.75) is 38.1 Å². The number of carboxylic acid groups (broad SMARTS) is 1. The van der Waals surface area contributed by atoms with Crippen LogP contribution in [0.4, 0.5) is 10.1 Å². The van der Waals surface area contributed by atoms with Crippen molar-refractivity contribution in [3.05, 3.63) is 33.9 Å². The van der Waals surface area contributed by atoms with E-state index in [9.17, 15) is 19.5 Å². The first kappa shape index (κ1) is 19.8. The molecule has 1 aliphatic carbocycles. The Morgan fingerprint density at radius 3 is 2.55 bits per heavy atom. The number of carboxylic acids is 1. The zero-order valence-corrected chi connectivity index (χ0v) is 17.2. The molecule has 164 valence electrons. The molecular weight excluding hydrogens is 405 g/mol. The molecule has 1 aromatic carbocycles. The molecule has 2 aliphatic heterocycles. The topological polar surface area (TPSA) is 101 Å². The van der Waals surface area contributed by atoms with Crippen LogP contribution >= 0.6 is 0 Å². The van der Waals surface area contributed by atoms with Gasteiger partial charge >= 0.3 is 5.97 Å². The summed E-state index contributed by atoms with van der Waals surface area (Å²) in [4.78, 5) is 38.0. The van der Waals surface area contributed by atoms with Gasteiger partial charge in [0.1, 0.15) is 11.3 Å². The summed E-state index contributed by atoms with van der Waals surface area (Å²) in [7, 11) is 1.44. The molecule has 1 aromatic heterocycles. The van der Waals surface area contributed by atoms with Crippen molar-refractivity contribution in [1.82, 2.24) is 9.88 Å². The lowest BCUT2D eigenvalue weighted by atomic mass is 9.77. The molecule has 31 heavy (non-hydrogen) atoms. The van der Waals surface area contributed by atoms with Crippen LogP contribution in [0.2, 0.25) is 0 Å². The first-order chi connectivity index (χ1) is 14.8. The van der Waals surface area contributed by atoms with Crippen molar-refractivity contribution >= 4 is 28.5 Å². The van der Waals surface area contributed by atoms with Crippen molar-refractivity contribution in [3.8, 4) is 5.75 Å². The smallest absolute Gasteiger partial charge is 0.341 e. The maximum atomic E-state index is 15.4. The summed E-state index contributed by atoms with van der Waals surface area (Å²) >= 11 is 0. The number of fused-ring (bicyclic) bond motifs is 1. The number of methoxy groups -OCH3 is 1. The molecule has 2 aromatic rings. The largest absolute Gasteiger partial charge is 0.492 e. The molecule has 1 spiro atoms. The van der Waals surface area contributed by atoms with Gasteiger partial charge in [-0.1, -0.05) is 0 Å². The molecule has 3 heterocycles. The number of halogens is 1. The normalized spacial score (nSPS) is 20.3. The number of aromatic nitrogens is 1. The number of benzene rings is 1. The highest BCUT2D eigenvalue weighted by atomic mass is 19.1. The quantitative estimate of drug-likeness (QED) is 0.774. The van der Waals surface area contributed by atoms with E-state index >= 15 is 4.39 Å². The summed E-state index contributed by atoms with van der Waals surface area (Å²) < 4.78 is 22.8. The number of ether oxygens (including phenoxy) is 1. The van der Waals surface area contributed by atoms with Crippen molar-refractivity contribution in [3.63, 3.8) is 0 Å². The summed E-state index contributed by atoms with van der Waals surface area (Å²) in [6.45, 7) is 1.78. The number of amides is 1. The molecular formula is C22H24FN3O5. The Kier molecular flexibility index (Phi) is 4.46. The molecule has 0 bridgehead atoms. The number of piperidine rings is 1. The van der Waals surface area contributed by atoms with Gasteiger partial charge in [-0.2, -0.15) is 0 Å². The van der Waals surface area contributed by atoms with E-state index in [-0.39, 0.29) is 34.1 Å². The van der Waals surface area contributed by atoms with Gasteiger partial charge in [-0.05, 0) is 37.2 Å². The van der Waals surface area contributed by atoms with E-state index in [0.29, 0.717) is 37.3 Å². The Labute approximate surface area is 177 Å². The molecule has 1 amide bonds. The zero-order valence-electron chi connectivity index (χ0n) is 17.2.